The molecular weight excluding hydrogens is 244 g/mol. The van der Waals surface area contributed by atoms with E-state index in [1.165, 1.54) is 0 Å². The second-order valence-electron chi connectivity index (χ2n) is 4.98. The third kappa shape index (κ3) is 2.78. The predicted molar refractivity (Wildman–Crippen MR) is 71.4 cm³/mol. The van der Waals surface area contributed by atoms with Gasteiger partial charge >= 0.3 is 0 Å². The number of nitrogens with two attached hydrogens (primary N) is 1. The Kier molecular flexibility index (Phi) is 4.19. The van der Waals surface area contributed by atoms with Gasteiger partial charge in [-0.2, -0.15) is 0 Å². The number of benzene rings is 1. The normalized spacial score (nSPS) is 22.9. The van der Waals surface area contributed by atoms with Crippen molar-refractivity contribution in [3.8, 4) is 0 Å². The van der Waals surface area contributed by atoms with E-state index in [2.05, 4.69) is 0 Å². The van der Waals surface area contributed by atoms with Gasteiger partial charge in [0, 0.05) is 6.54 Å². The SMILES string of the molecule is CC(N)(C(=O)N1CCOCC1CO)c1ccccc1. The van der Waals surface area contributed by atoms with Crippen LogP contribution in [0.3, 0.4) is 0 Å². The number of hydrogen-bond acceptors (Lipinski definition) is 4. The van der Waals surface area contributed by atoms with Crippen molar-refractivity contribution < 1.29 is 14.6 Å². The Bertz CT molecular complexity index is 434. The highest BCUT2D eigenvalue weighted by Crippen LogP contribution is 2.22. The molecule has 5 nitrogen and oxygen atoms in total. The minimum atomic E-state index is -1.09. The maximum atomic E-state index is 12.6. The van der Waals surface area contributed by atoms with Gasteiger partial charge in [-0.05, 0) is 12.5 Å². The summed E-state index contributed by atoms with van der Waals surface area (Å²) in [6.07, 6.45) is 0. The topological polar surface area (TPSA) is 75.8 Å². The summed E-state index contributed by atoms with van der Waals surface area (Å²) < 4.78 is 5.28. The summed E-state index contributed by atoms with van der Waals surface area (Å²) in [5.74, 6) is -0.180. The molecule has 0 aliphatic carbocycles. The summed E-state index contributed by atoms with van der Waals surface area (Å²) in [6.45, 7) is 2.88. The monoisotopic (exact) mass is 264 g/mol. The molecule has 19 heavy (non-hydrogen) atoms. The Morgan fingerprint density at radius 1 is 1.53 bits per heavy atom. The van der Waals surface area contributed by atoms with Crippen LogP contribution in [0.5, 0.6) is 0 Å². The first-order chi connectivity index (χ1) is 9.07. The van der Waals surface area contributed by atoms with Gasteiger partial charge in [0.1, 0.15) is 5.54 Å². The lowest BCUT2D eigenvalue weighted by Crippen LogP contribution is -2.58. The van der Waals surface area contributed by atoms with Crippen molar-refractivity contribution in [2.75, 3.05) is 26.4 Å². The molecule has 3 N–H and O–H groups in total. The van der Waals surface area contributed by atoms with Crippen LogP contribution < -0.4 is 5.73 Å². The van der Waals surface area contributed by atoms with E-state index in [1.54, 1.807) is 11.8 Å². The highest BCUT2D eigenvalue weighted by molar-refractivity contribution is 5.87. The predicted octanol–water partition coefficient (Wildman–Crippen LogP) is 0.0802. The first-order valence-corrected chi connectivity index (χ1v) is 6.41. The first-order valence-electron chi connectivity index (χ1n) is 6.41. The average molecular weight is 264 g/mol. The minimum Gasteiger partial charge on any atom is -0.394 e. The number of amides is 1. The Hall–Kier alpha value is -1.43. The molecule has 1 fully saturated rings. The number of nitrogens with zero attached hydrogens (tertiary/aromatic N) is 1. The van der Waals surface area contributed by atoms with Crippen LogP contribution in [0.1, 0.15) is 12.5 Å². The fraction of sp³-hybridized carbons (Fsp3) is 0.500. The highest BCUT2D eigenvalue weighted by atomic mass is 16.5. The molecule has 0 radical (unpaired) electrons. The molecule has 1 heterocycles. The van der Waals surface area contributed by atoms with E-state index in [-0.39, 0.29) is 18.6 Å². The Balaban J connectivity index is 2.22. The van der Waals surface area contributed by atoms with Crippen molar-refractivity contribution in [2.45, 2.75) is 18.5 Å². The van der Waals surface area contributed by atoms with Crippen molar-refractivity contribution in [3.05, 3.63) is 35.9 Å². The van der Waals surface area contributed by atoms with Crippen molar-refractivity contribution in [3.63, 3.8) is 0 Å². The molecule has 104 valence electrons. The maximum absolute atomic E-state index is 12.6. The van der Waals surface area contributed by atoms with Crippen LogP contribution in [0, 0.1) is 0 Å². The lowest BCUT2D eigenvalue weighted by molar-refractivity contribution is -0.147. The molecule has 2 unspecified atom stereocenters. The second-order valence-corrected chi connectivity index (χ2v) is 4.98. The van der Waals surface area contributed by atoms with E-state index in [1.807, 2.05) is 30.3 Å². The molecule has 1 aromatic rings. The van der Waals surface area contributed by atoms with Gasteiger partial charge in [-0.25, -0.2) is 0 Å². The summed E-state index contributed by atoms with van der Waals surface area (Å²) in [7, 11) is 0. The number of carbonyl (C=O) groups excluding carboxylic acids is 1. The Labute approximate surface area is 113 Å². The number of rotatable bonds is 3. The summed E-state index contributed by atoms with van der Waals surface area (Å²) >= 11 is 0. The van der Waals surface area contributed by atoms with Gasteiger partial charge in [0.05, 0.1) is 25.9 Å². The van der Waals surface area contributed by atoms with Crippen LogP contribution in [0.25, 0.3) is 0 Å². The minimum absolute atomic E-state index is 0.114. The van der Waals surface area contributed by atoms with Crippen molar-refractivity contribution in [1.82, 2.24) is 4.90 Å². The van der Waals surface area contributed by atoms with Crippen molar-refractivity contribution >= 4 is 5.91 Å². The first kappa shape index (κ1) is 14.0. The zero-order valence-electron chi connectivity index (χ0n) is 11.1. The summed E-state index contributed by atoms with van der Waals surface area (Å²) in [6, 6.07) is 8.97. The molecule has 5 heteroatoms. The lowest BCUT2D eigenvalue weighted by atomic mass is 9.91. The van der Waals surface area contributed by atoms with Crippen molar-refractivity contribution in [1.29, 1.82) is 0 Å². The number of carbonyl (C=O) groups is 1. The van der Waals surface area contributed by atoms with Gasteiger partial charge in [-0.1, -0.05) is 30.3 Å². The van der Waals surface area contributed by atoms with E-state index in [4.69, 9.17) is 10.5 Å². The van der Waals surface area contributed by atoms with E-state index in [9.17, 15) is 9.90 Å². The van der Waals surface area contributed by atoms with Crippen LogP contribution in [-0.4, -0.2) is 48.3 Å². The zero-order chi connectivity index (χ0) is 13.9. The number of morpholine rings is 1. The fourth-order valence-corrected chi connectivity index (χ4v) is 2.28. The van der Waals surface area contributed by atoms with Crippen LogP contribution in [0.15, 0.2) is 30.3 Å². The molecule has 2 atom stereocenters. The molecule has 0 saturated carbocycles. The zero-order valence-corrected chi connectivity index (χ0v) is 11.1. The summed E-state index contributed by atoms with van der Waals surface area (Å²) in [5, 5.41) is 9.33. The third-order valence-corrected chi connectivity index (χ3v) is 3.52. The number of aliphatic hydroxyl groups is 1. The smallest absolute Gasteiger partial charge is 0.247 e. The molecule has 0 aromatic heterocycles. The molecule has 1 saturated heterocycles. The average Bonchev–Trinajstić information content (AvgIpc) is 2.47. The largest absolute Gasteiger partial charge is 0.394 e. The van der Waals surface area contributed by atoms with E-state index in [0.29, 0.717) is 19.8 Å². The molecule has 1 aliphatic rings. The van der Waals surface area contributed by atoms with Gasteiger partial charge in [0.2, 0.25) is 5.91 Å². The van der Waals surface area contributed by atoms with Gasteiger partial charge in [0.15, 0.2) is 0 Å². The third-order valence-electron chi connectivity index (χ3n) is 3.52. The molecule has 2 rings (SSSR count). The van der Waals surface area contributed by atoms with E-state index >= 15 is 0 Å². The van der Waals surface area contributed by atoms with Gasteiger partial charge in [0.25, 0.3) is 0 Å². The number of hydrogen-bond donors (Lipinski definition) is 2. The molecule has 1 aliphatic heterocycles. The maximum Gasteiger partial charge on any atom is 0.247 e. The van der Waals surface area contributed by atoms with Gasteiger partial charge in [-0.3, -0.25) is 4.79 Å². The van der Waals surface area contributed by atoms with E-state index in [0.717, 1.165) is 5.56 Å². The Morgan fingerprint density at radius 3 is 2.84 bits per heavy atom. The standard InChI is InChI=1S/C14H20N2O3/c1-14(15,11-5-3-2-4-6-11)13(18)16-7-8-19-10-12(16)9-17/h2-6,12,17H,7-10,15H2,1H3. The molecule has 1 aromatic carbocycles. The molecular formula is C14H20N2O3. The lowest BCUT2D eigenvalue weighted by Gasteiger charge is -2.39. The van der Waals surface area contributed by atoms with Crippen LogP contribution in [0.4, 0.5) is 0 Å². The second kappa shape index (κ2) is 5.69. The molecule has 0 spiro atoms. The Morgan fingerprint density at radius 2 is 2.21 bits per heavy atom. The van der Waals surface area contributed by atoms with E-state index < -0.39 is 5.54 Å². The van der Waals surface area contributed by atoms with Crippen LogP contribution >= 0.6 is 0 Å². The highest BCUT2D eigenvalue weighted by Gasteiger charge is 2.38. The molecule has 0 bridgehead atoms. The number of aliphatic hydroxyl groups excluding tert-OH is 1. The molecule has 1 amide bonds. The quantitative estimate of drug-likeness (QED) is 0.810. The summed E-state index contributed by atoms with van der Waals surface area (Å²) in [4.78, 5) is 14.2. The summed E-state index contributed by atoms with van der Waals surface area (Å²) in [5.41, 5.74) is 5.89. The van der Waals surface area contributed by atoms with Crippen LogP contribution in [0.2, 0.25) is 0 Å². The van der Waals surface area contributed by atoms with Crippen molar-refractivity contribution in [2.24, 2.45) is 5.73 Å². The van der Waals surface area contributed by atoms with Gasteiger partial charge < -0.3 is 20.5 Å². The number of ether oxygens (including phenoxy) is 1. The fourth-order valence-electron chi connectivity index (χ4n) is 2.28. The van der Waals surface area contributed by atoms with Crippen LogP contribution in [-0.2, 0) is 15.1 Å². The van der Waals surface area contributed by atoms with Gasteiger partial charge in [-0.15, -0.1) is 0 Å².